The Morgan fingerprint density at radius 3 is 2.96 bits per heavy atom. The Bertz CT molecular complexity index is 785. The van der Waals surface area contributed by atoms with E-state index in [-0.39, 0.29) is 5.78 Å². The second kappa shape index (κ2) is 6.25. The number of thiazole rings is 1. The van der Waals surface area contributed by atoms with E-state index in [1.165, 1.54) is 23.1 Å². The van der Waals surface area contributed by atoms with Crippen LogP contribution in [-0.4, -0.2) is 20.9 Å². The highest BCUT2D eigenvalue weighted by Gasteiger charge is 2.32. The summed E-state index contributed by atoms with van der Waals surface area (Å²) < 4.78 is 0. The van der Waals surface area contributed by atoms with E-state index in [0.717, 1.165) is 16.2 Å². The molecular formula is C16H16N4OS2. The van der Waals surface area contributed by atoms with Gasteiger partial charge in [0.05, 0.1) is 5.69 Å². The Balaban J connectivity index is 1.87. The highest BCUT2D eigenvalue weighted by atomic mass is 32.2. The van der Waals surface area contributed by atoms with Gasteiger partial charge in [-0.1, -0.05) is 18.3 Å². The van der Waals surface area contributed by atoms with Gasteiger partial charge in [0.1, 0.15) is 5.54 Å². The summed E-state index contributed by atoms with van der Waals surface area (Å²) in [6.07, 6.45) is 4.32. The molecule has 2 aromatic rings. The molecule has 7 heteroatoms. The Morgan fingerprint density at radius 1 is 1.43 bits per heavy atom. The standard InChI is InChI=1S/C16H16N4OS2/c1-10-9-16(2,20-15(17)23-10)13-8-11(3-4-18-13)7-12(21)14-19-5-6-22-14/h3-6,8H,1,7,9H2,2H3,(H2,17,20)/t16-/m0/s1. The maximum absolute atomic E-state index is 12.2. The van der Waals surface area contributed by atoms with Gasteiger partial charge in [-0.15, -0.1) is 11.3 Å². The van der Waals surface area contributed by atoms with Crippen LogP contribution in [-0.2, 0) is 12.0 Å². The van der Waals surface area contributed by atoms with E-state index < -0.39 is 5.54 Å². The molecule has 0 radical (unpaired) electrons. The Labute approximate surface area is 142 Å². The average molecular weight is 344 g/mol. The molecule has 0 aliphatic carbocycles. The number of ketones is 1. The van der Waals surface area contributed by atoms with Crippen LogP contribution >= 0.6 is 23.1 Å². The van der Waals surface area contributed by atoms with E-state index in [1.807, 2.05) is 19.1 Å². The monoisotopic (exact) mass is 344 g/mol. The number of carbonyl (C=O) groups excluding carboxylic acids is 1. The zero-order valence-electron chi connectivity index (χ0n) is 12.7. The van der Waals surface area contributed by atoms with Crippen LogP contribution < -0.4 is 5.73 Å². The average Bonchev–Trinajstić information content (AvgIpc) is 3.00. The zero-order chi connectivity index (χ0) is 16.4. The van der Waals surface area contributed by atoms with Crippen molar-refractivity contribution < 1.29 is 4.79 Å². The molecule has 1 atom stereocenters. The van der Waals surface area contributed by atoms with Crippen molar-refractivity contribution in [1.29, 1.82) is 0 Å². The minimum Gasteiger partial charge on any atom is -0.378 e. The molecule has 0 spiro atoms. The van der Waals surface area contributed by atoms with Gasteiger partial charge in [0.15, 0.2) is 16.0 Å². The van der Waals surface area contributed by atoms with Crippen LogP contribution in [0.25, 0.3) is 0 Å². The van der Waals surface area contributed by atoms with E-state index in [1.54, 1.807) is 17.8 Å². The molecule has 118 valence electrons. The highest BCUT2D eigenvalue weighted by molar-refractivity contribution is 8.17. The van der Waals surface area contributed by atoms with Crippen molar-refractivity contribution in [3.63, 3.8) is 0 Å². The van der Waals surface area contributed by atoms with Crippen LogP contribution in [0.15, 0.2) is 46.4 Å². The number of hydrogen-bond donors (Lipinski definition) is 1. The molecule has 1 aliphatic heterocycles. The van der Waals surface area contributed by atoms with Gasteiger partial charge >= 0.3 is 0 Å². The number of rotatable bonds is 4. The summed E-state index contributed by atoms with van der Waals surface area (Å²) in [7, 11) is 0. The molecule has 0 aromatic carbocycles. The van der Waals surface area contributed by atoms with Gasteiger partial charge in [0.2, 0.25) is 0 Å². The number of pyridine rings is 1. The number of carbonyl (C=O) groups is 1. The van der Waals surface area contributed by atoms with Gasteiger partial charge in [0, 0.05) is 30.6 Å². The van der Waals surface area contributed by atoms with Gasteiger partial charge in [-0.3, -0.25) is 9.78 Å². The molecule has 1 aliphatic rings. The lowest BCUT2D eigenvalue weighted by molar-refractivity contribution is 0.0992. The van der Waals surface area contributed by atoms with Gasteiger partial charge in [0.25, 0.3) is 0 Å². The molecule has 3 heterocycles. The first-order valence-electron chi connectivity index (χ1n) is 7.05. The van der Waals surface area contributed by atoms with Crippen molar-refractivity contribution in [2.45, 2.75) is 25.3 Å². The maximum atomic E-state index is 12.2. The van der Waals surface area contributed by atoms with Crippen LogP contribution in [0, 0.1) is 0 Å². The number of Topliss-reactive ketones (excluding diaryl/α,β-unsaturated/α-hetero) is 1. The Kier molecular flexibility index (Phi) is 4.32. The van der Waals surface area contributed by atoms with Crippen LogP contribution in [0.4, 0.5) is 0 Å². The summed E-state index contributed by atoms with van der Waals surface area (Å²) >= 11 is 2.75. The molecule has 5 nitrogen and oxygen atoms in total. The lowest BCUT2D eigenvalue weighted by Gasteiger charge is -2.30. The van der Waals surface area contributed by atoms with Crippen LogP contribution in [0.5, 0.6) is 0 Å². The molecule has 2 N–H and O–H groups in total. The van der Waals surface area contributed by atoms with Crippen LogP contribution in [0.3, 0.4) is 0 Å². The molecule has 0 saturated heterocycles. The van der Waals surface area contributed by atoms with Crippen LogP contribution in [0.1, 0.15) is 34.4 Å². The van der Waals surface area contributed by atoms with Gasteiger partial charge in [-0.2, -0.15) is 0 Å². The normalized spacial score (nSPS) is 21.1. The molecule has 0 amide bonds. The third-order valence-electron chi connectivity index (χ3n) is 3.56. The molecule has 0 fully saturated rings. The second-order valence-corrected chi connectivity index (χ2v) is 7.62. The fraction of sp³-hybridized carbons (Fsp3) is 0.250. The van der Waals surface area contributed by atoms with Crippen molar-refractivity contribution in [1.82, 2.24) is 9.97 Å². The molecule has 0 saturated carbocycles. The predicted octanol–water partition coefficient (Wildman–Crippen LogP) is 3.14. The van der Waals surface area contributed by atoms with Crippen molar-refractivity contribution in [3.8, 4) is 0 Å². The van der Waals surface area contributed by atoms with Crippen molar-refractivity contribution in [2.24, 2.45) is 10.7 Å². The quantitative estimate of drug-likeness (QED) is 0.862. The minimum atomic E-state index is -0.535. The summed E-state index contributed by atoms with van der Waals surface area (Å²) in [6, 6.07) is 3.77. The Morgan fingerprint density at radius 2 is 2.26 bits per heavy atom. The SMILES string of the molecule is C=C1C[C@@](C)(c2cc(CC(=O)c3nccs3)ccn2)N=C(N)S1. The summed E-state index contributed by atoms with van der Waals surface area (Å²) in [5.74, 6) is 0.00827. The van der Waals surface area contributed by atoms with E-state index in [2.05, 4.69) is 21.5 Å². The van der Waals surface area contributed by atoms with Crippen LogP contribution in [0.2, 0.25) is 0 Å². The number of thioether (sulfide) groups is 1. The first-order valence-corrected chi connectivity index (χ1v) is 8.75. The van der Waals surface area contributed by atoms with Crippen molar-refractivity contribution in [3.05, 3.63) is 57.7 Å². The van der Waals surface area contributed by atoms with Gasteiger partial charge < -0.3 is 5.73 Å². The smallest absolute Gasteiger partial charge is 0.195 e. The van der Waals surface area contributed by atoms with E-state index >= 15 is 0 Å². The number of aromatic nitrogens is 2. The number of hydrogen-bond acceptors (Lipinski definition) is 7. The van der Waals surface area contributed by atoms with E-state index in [4.69, 9.17) is 5.73 Å². The first-order chi connectivity index (χ1) is 11.0. The van der Waals surface area contributed by atoms with Crippen molar-refractivity contribution >= 4 is 34.0 Å². The third-order valence-corrected chi connectivity index (χ3v) is 5.11. The summed E-state index contributed by atoms with van der Waals surface area (Å²) in [4.78, 5) is 26.2. The molecule has 3 rings (SSSR count). The maximum Gasteiger partial charge on any atom is 0.195 e. The lowest BCUT2D eigenvalue weighted by Crippen LogP contribution is -2.28. The van der Waals surface area contributed by atoms with E-state index in [9.17, 15) is 4.79 Å². The summed E-state index contributed by atoms with van der Waals surface area (Å²) in [5, 5.41) is 2.82. The summed E-state index contributed by atoms with van der Waals surface area (Å²) in [5.41, 5.74) is 7.04. The molecule has 0 unspecified atom stereocenters. The zero-order valence-corrected chi connectivity index (χ0v) is 14.3. The minimum absolute atomic E-state index is 0.00827. The number of nitrogens with two attached hydrogens (primary N) is 1. The second-order valence-electron chi connectivity index (χ2n) is 5.53. The van der Waals surface area contributed by atoms with E-state index in [0.29, 0.717) is 23.0 Å². The lowest BCUT2D eigenvalue weighted by atomic mass is 9.92. The third kappa shape index (κ3) is 3.51. The number of aliphatic imine (C=N–C) groups is 1. The van der Waals surface area contributed by atoms with Crippen molar-refractivity contribution in [2.75, 3.05) is 0 Å². The number of nitrogens with zero attached hydrogens (tertiary/aromatic N) is 3. The fourth-order valence-corrected chi connectivity index (χ4v) is 3.99. The van der Waals surface area contributed by atoms with Gasteiger partial charge in [-0.25, -0.2) is 9.98 Å². The predicted molar refractivity (Wildman–Crippen MR) is 94.7 cm³/mol. The molecule has 23 heavy (non-hydrogen) atoms. The van der Waals surface area contributed by atoms with Gasteiger partial charge in [-0.05, 0) is 29.5 Å². The molecular weight excluding hydrogens is 328 g/mol. The number of amidine groups is 1. The molecule has 2 aromatic heterocycles. The summed E-state index contributed by atoms with van der Waals surface area (Å²) in [6.45, 7) is 5.99. The fourth-order valence-electron chi connectivity index (χ4n) is 2.52. The largest absolute Gasteiger partial charge is 0.378 e. The Hall–Kier alpha value is -1.99. The highest BCUT2D eigenvalue weighted by Crippen LogP contribution is 2.39. The molecule has 0 bridgehead atoms. The first kappa shape index (κ1) is 15.9. The topological polar surface area (TPSA) is 81.2 Å².